The van der Waals surface area contributed by atoms with Crippen LogP contribution in [0.2, 0.25) is 0 Å². The highest BCUT2D eigenvalue weighted by Crippen LogP contribution is 2.30. The maximum absolute atomic E-state index is 6.97. The Bertz CT molecular complexity index is 418. The Morgan fingerprint density at radius 2 is 2.27 bits per heavy atom. The lowest BCUT2D eigenvalue weighted by molar-refractivity contribution is 0.115. The number of fused-ring (bicyclic) bond motifs is 1. The summed E-state index contributed by atoms with van der Waals surface area (Å²) < 4.78 is 5.88. The third kappa shape index (κ3) is 2.11. The maximum atomic E-state index is 6.97. The van der Waals surface area contributed by atoms with Crippen LogP contribution in [0.15, 0.2) is 18.2 Å². The van der Waals surface area contributed by atoms with Crippen LogP contribution in [0.1, 0.15) is 19.4 Å². The van der Waals surface area contributed by atoms with Crippen LogP contribution in [0.25, 0.3) is 4.85 Å². The van der Waals surface area contributed by atoms with Gasteiger partial charge in [0.1, 0.15) is 11.4 Å². The van der Waals surface area contributed by atoms with Gasteiger partial charge in [-0.25, -0.2) is 4.85 Å². The summed E-state index contributed by atoms with van der Waals surface area (Å²) in [7, 11) is 0. The fourth-order valence-electron chi connectivity index (χ4n) is 1.69. The number of hydrogen-bond acceptors (Lipinski definition) is 2. The monoisotopic (exact) mass is 202 g/mol. The van der Waals surface area contributed by atoms with E-state index in [1.54, 1.807) is 0 Å². The molecular weight excluding hydrogens is 188 g/mol. The van der Waals surface area contributed by atoms with Gasteiger partial charge in [0.15, 0.2) is 5.69 Å². The molecular formula is C12H14N2O. The summed E-state index contributed by atoms with van der Waals surface area (Å²) in [6.45, 7) is 12.7. The van der Waals surface area contributed by atoms with Gasteiger partial charge in [-0.15, -0.1) is 0 Å². The molecule has 3 heteroatoms. The molecule has 0 spiro atoms. The van der Waals surface area contributed by atoms with Crippen molar-refractivity contribution in [2.75, 3.05) is 6.54 Å². The van der Waals surface area contributed by atoms with Crippen LogP contribution in [0.4, 0.5) is 5.69 Å². The van der Waals surface area contributed by atoms with E-state index >= 15 is 0 Å². The van der Waals surface area contributed by atoms with Gasteiger partial charge in [0.05, 0.1) is 6.57 Å². The van der Waals surface area contributed by atoms with Gasteiger partial charge < -0.3 is 10.1 Å². The standard InChI is InChI=1S/C12H14N2O/c1-12(2)8-14-7-9-4-5-10(13-3)6-11(9)15-12/h4-6,14H,7-8H2,1-2H3. The van der Waals surface area contributed by atoms with Crippen molar-refractivity contribution < 1.29 is 4.74 Å². The first-order chi connectivity index (χ1) is 7.11. The van der Waals surface area contributed by atoms with Crippen molar-refractivity contribution in [3.8, 4) is 5.75 Å². The molecule has 1 aromatic rings. The van der Waals surface area contributed by atoms with Gasteiger partial charge in [0.2, 0.25) is 0 Å². The summed E-state index contributed by atoms with van der Waals surface area (Å²) >= 11 is 0. The van der Waals surface area contributed by atoms with E-state index in [4.69, 9.17) is 11.3 Å². The number of ether oxygens (including phenoxy) is 1. The molecule has 0 radical (unpaired) electrons. The maximum Gasteiger partial charge on any atom is 0.190 e. The minimum absolute atomic E-state index is 0.216. The third-order valence-electron chi connectivity index (χ3n) is 2.43. The minimum atomic E-state index is -0.216. The van der Waals surface area contributed by atoms with Crippen molar-refractivity contribution in [1.29, 1.82) is 0 Å². The van der Waals surface area contributed by atoms with Gasteiger partial charge in [-0.05, 0) is 19.9 Å². The van der Waals surface area contributed by atoms with Crippen molar-refractivity contribution in [2.24, 2.45) is 0 Å². The predicted molar refractivity (Wildman–Crippen MR) is 59.1 cm³/mol. The lowest BCUT2D eigenvalue weighted by atomic mass is 10.1. The molecule has 78 valence electrons. The minimum Gasteiger partial charge on any atom is -0.488 e. The first-order valence-electron chi connectivity index (χ1n) is 5.01. The summed E-state index contributed by atoms with van der Waals surface area (Å²) in [5.74, 6) is 0.832. The lowest BCUT2D eigenvalue weighted by Gasteiger charge is -2.24. The average molecular weight is 202 g/mol. The number of benzene rings is 1. The molecule has 1 N–H and O–H groups in total. The van der Waals surface area contributed by atoms with E-state index in [-0.39, 0.29) is 5.60 Å². The Balaban J connectivity index is 2.41. The fourth-order valence-corrected chi connectivity index (χ4v) is 1.69. The molecule has 3 nitrogen and oxygen atoms in total. The van der Waals surface area contributed by atoms with Crippen molar-refractivity contribution in [3.05, 3.63) is 35.2 Å². The van der Waals surface area contributed by atoms with E-state index in [2.05, 4.69) is 10.2 Å². The highest BCUT2D eigenvalue weighted by molar-refractivity contribution is 5.53. The quantitative estimate of drug-likeness (QED) is 0.654. The molecule has 0 saturated heterocycles. The van der Waals surface area contributed by atoms with E-state index in [1.165, 1.54) is 0 Å². The van der Waals surface area contributed by atoms with Gasteiger partial charge in [-0.3, -0.25) is 0 Å². The first-order valence-corrected chi connectivity index (χ1v) is 5.01. The first kappa shape index (κ1) is 10.0. The molecule has 1 aromatic carbocycles. The van der Waals surface area contributed by atoms with Crippen molar-refractivity contribution >= 4 is 5.69 Å². The Hall–Kier alpha value is -1.53. The highest BCUT2D eigenvalue weighted by Gasteiger charge is 2.24. The lowest BCUT2D eigenvalue weighted by Crippen LogP contribution is -2.37. The van der Waals surface area contributed by atoms with Crippen molar-refractivity contribution in [2.45, 2.75) is 26.0 Å². The Morgan fingerprint density at radius 1 is 1.47 bits per heavy atom. The molecule has 0 atom stereocenters. The van der Waals surface area contributed by atoms with Gasteiger partial charge in [0, 0.05) is 18.7 Å². The summed E-state index contributed by atoms with van der Waals surface area (Å²) in [5.41, 5.74) is 1.53. The molecule has 0 fully saturated rings. The van der Waals surface area contributed by atoms with E-state index in [9.17, 15) is 0 Å². The van der Waals surface area contributed by atoms with Crippen LogP contribution in [0, 0.1) is 6.57 Å². The SMILES string of the molecule is [C-]#[N+]c1ccc2c(c1)OC(C)(C)CNC2. The molecule has 2 rings (SSSR count). The van der Waals surface area contributed by atoms with E-state index in [0.29, 0.717) is 5.69 Å². The van der Waals surface area contributed by atoms with Crippen LogP contribution in [0.3, 0.4) is 0 Å². The number of nitrogens with one attached hydrogen (secondary N) is 1. The largest absolute Gasteiger partial charge is 0.488 e. The average Bonchev–Trinajstić information content (AvgIpc) is 2.33. The number of hydrogen-bond donors (Lipinski definition) is 1. The third-order valence-corrected chi connectivity index (χ3v) is 2.43. The Kier molecular flexibility index (Phi) is 2.37. The van der Waals surface area contributed by atoms with Crippen molar-refractivity contribution in [1.82, 2.24) is 5.32 Å². The fraction of sp³-hybridized carbons (Fsp3) is 0.417. The summed E-state index contributed by atoms with van der Waals surface area (Å²) in [4.78, 5) is 3.41. The van der Waals surface area contributed by atoms with Crippen LogP contribution in [0.5, 0.6) is 5.75 Å². The predicted octanol–water partition coefficient (Wildman–Crippen LogP) is 2.50. The van der Waals surface area contributed by atoms with Gasteiger partial charge >= 0.3 is 0 Å². The second-order valence-electron chi connectivity index (χ2n) is 4.37. The molecule has 1 heterocycles. The molecule has 0 amide bonds. The number of nitrogens with zero attached hydrogens (tertiary/aromatic N) is 1. The van der Waals surface area contributed by atoms with Crippen LogP contribution < -0.4 is 10.1 Å². The van der Waals surface area contributed by atoms with Crippen LogP contribution in [-0.2, 0) is 6.54 Å². The summed E-state index contributed by atoms with van der Waals surface area (Å²) in [6.07, 6.45) is 0. The molecule has 0 aromatic heterocycles. The van der Waals surface area contributed by atoms with E-state index in [0.717, 1.165) is 24.4 Å². The highest BCUT2D eigenvalue weighted by atomic mass is 16.5. The Labute approximate surface area is 89.9 Å². The van der Waals surface area contributed by atoms with Gasteiger partial charge in [0.25, 0.3) is 0 Å². The summed E-state index contributed by atoms with van der Waals surface area (Å²) in [6, 6.07) is 5.60. The normalized spacial score (nSPS) is 18.2. The van der Waals surface area contributed by atoms with Gasteiger partial charge in [-0.2, -0.15) is 0 Å². The molecule has 0 saturated carbocycles. The molecule has 0 aliphatic carbocycles. The van der Waals surface area contributed by atoms with Crippen molar-refractivity contribution in [3.63, 3.8) is 0 Å². The molecule has 1 aliphatic rings. The second kappa shape index (κ2) is 3.56. The topological polar surface area (TPSA) is 25.6 Å². The van der Waals surface area contributed by atoms with Crippen LogP contribution in [-0.4, -0.2) is 12.1 Å². The molecule has 0 bridgehead atoms. The Morgan fingerprint density at radius 3 is 3.00 bits per heavy atom. The van der Waals surface area contributed by atoms with E-state index in [1.807, 2.05) is 32.0 Å². The zero-order valence-corrected chi connectivity index (χ0v) is 9.00. The summed E-state index contributed by atoms with van der Waals surface area (Å²) in [5, 5.41) is 3.33. The molecule has 1 aliphatic heterocycles. The molecule has 0 unspecified atom stereocenters. The molecule has 15 heavy (non-hydrogen) atoms. The second-order valence-corrected chi connectivity index (χ2v) is 4.37. The van der Waals surface area contributed by atoms with Crippen LogP contribution >= 0.6 is 0 Å². The smallest absolute Gasteiger partial charge is 0.190 e. The zero-order chi connectivity index (χ0) is 10.9. The zero-order valence-electron chi connectivity index (χ0n) is 9.00. The van der Waals surface area contributed by atoms with E-state index < -0.39 is 0 Å². The van der Waals surface area contributed by atoms with Gasteiger partial charge in [-0.1, -0.05) is 12.1 Å². The number of rotatable bonds is 0.